The Morgan fingerprint density at radius 2 is 1.47 bits per heavy atom. The number of halogens is 1. The molecule has 0 N–H and O–H groups in total. The Balaban J connectivity index is 1.39. The maximum Gasteiger partial charge on any atom is 0.338 e. The first kappa shape index (κ1) is 25.4. The van der Waals surface area contributed by atoms with Crippen LogP contribution in [-0.4, -0.2) is 25.5 Å². The van der Waals surface area contributed by atoms with Gasteiger partial charge in [-0.2, -0.15) is 0 Å². The number of rotatable bonds is 9. The average Bonchev–Trinajstić information content (AvgIpc) is 2.92. The number of hydrogen-bond donors (Lipinski definition) is 0. The van der Waals surface area contributed by atoms with Crippen LogP contribution >= 0.6 is 22.6 Å². The number of ether oxygens (including phenoxy) is 3. The van der Waals surface area contributed by atoms with Crippen LogP contribution in [0.1, 0.15) is 31.8 Å². The molecule has 0 aliphatic carbocycles. The maximum absolute atomic E-state index is 12.7. The first-order chi connectivity index (χ1) is 17.4. The summed E-state index contributed by atoms with van der Waals surface area (Å²) in [6, 6.07) is 28.4. The molecule has 182 valence electrons. The molecule has 4 aromatic carbocycles. The maximum atomic E-state index is 12.7. The number of hydrogen-bond acceptors (Lipinski definition) is 5. The van der Waals surface area contributed by atoms with Crippen LogP contribution < -0.4 is 9.47 Å². The first-order valence-corrected chi connectivity index (χ1v) is 12.4. The van der Waals surface area contributed by atoms with E-state index in [2.05, 4.69) is 22.6 Å². The minimum absolute atomic E-state index is 0.275. The topological polar surface area (TPSA) is 61.8 Å². The molecule has 0 atom stereocenters. The molecule has 0 fully saturated rings. The highest BCUT2D eigenvalue weighted by atomic mass is 127. The van der Waals surface area contributed by atoms with Gasteiger partial charge in [0, 0.05) is 5.56 Å². The molecule has 0 amide bonds. The zero-order valence-corrected chi connectivity index (χ0v) is 22.2. The molecule has 0 aliphatic rings. The summed E-state index contributed by atoms with van der Waals surface area (Å²) >= 11 is 2.10. The normalized spacial score (nSPS) is 10.5. The van der Waals surface area contributed by atoms with E-state index in [1.165, 1.54) is 12.7 Å². The number of carbonyl (C=O) groups is 2. The second-order valence-corrected chi connectivity index (χ2v) is 9.37. The highest BCUT2D eigenvalue weighted by Gasteiger charge is 2.18. The summed E-state index contributed by atoms with van der Waals surface area (Å²) in [5.41, 5.74) is 5.04. The fourth-order valence-corrected chi connectivity index (χ4v) is 4.35. The van der Waals surface area contributed by atoms with Gasteiger partial charge in [-0.05, 0) is 58.3 Å². The highest BCUT2D eigenvalue weighted by Crippen LogP contribution is 2.35. The van der Waals surface area contributed by atoms with Gasteiger partial charge in [0.25, 0.3) is 0 Å². The van der Waals surface area contributed by atoms with Gasteiger partial charge in [-0.1, -0.05) is 84.4 Å². The summed E-state index contributed by atoms with van der Waals surface area (Å²) < 4.78 is 17.4. The van der Waals surface area contributed by atoms with Crippen LogP contribution in [0, 0.1) is 10.5 Å². The molecular weight excluding hydrogens is 567 g/mol. The minimum atomic E-state index is -0.606. The van der Waals surface area contributed by atoms with Crippen LogP contribution in [0.5, 0.6) is 11.5 Å². The van der Waals surface area contributed by atoms with E-state index in [4.69, 9.17) is 14.2 Å². The van der Waals surface area contributed by atoms with Crippen molar-refractivity contribution in [3.05, 3.63) is 117 Å². The Morgan fingerprint density at radius 3 is 2.14 bits per heavy atom. The largest absolute Gasteiger partial charge is 0.493 e. The standard InChI is InChI=1S/C30H25IO5/c1-20-8-10-21(11-9-20)18-35-29-26(31)16-25(17-28(29)34-2)30(33)36-19-27(32)24-14-12-23(13-15-24)22-6-4-3-5-7-22/h3-17H,18-19H2,1-2H3. The molecule has 0 aliphatic heterocycles. The lowest BCUT2D eigenvalue weighted by molar-refractivity contribution is 0.0474. The van der Waals surface area contributed by atoms with Gasteiger partial charge in [0.2, 0.25) is 0 Å². The molecule has 0 aromatic heterocycles. The zero-order chi connectivity index (χ0) is 25.5. The van der Waals surface area contributed by atoms with Crippen molar-refractivity contribution in [2.45, 2.75) is 13.5 Å². The van der Waals surface area contributed by atoms with E-state index in [1.54, 1.807) is 24.3 Å². The number of carbonyl (C=O) groups excluding carboxylic acids is 2. The molecule has 0 bridgehead atoms. The third-order valence-corrected chi connectivity index (χ3v) is 6.42. The summed E-state index contributed by atoms with van der Waals surface area (Å²) in [5.74, 6) is 0.0850. The molecule has 0 saturated heterocycles. The summed E-state index contributed by atoms with van der Waals surface area (Å²) in [4.78, 5) is 25.3. The van der Waals surface area contributed by atoms with E-state index >= 15 is 0 Å². The lowest BCUT2D eigenvalue weighted by Crippen LogP contribution is -2.14. The summed E-state index contributed by atoms with van der Waals surface area (Å²) in [6.45, 7) is 2.05. The van der Waals surface area contributed by atoms with Gasteiger partial charge in [0.15, 0.2) is 23.9 Å². The lowest BCUT2D eigenvalue weighted by atomic mass is 10.0. The molecule has 0 unspecified atom stereocenters. The van der Waals surface area contributed by atoms with Crippen molar-refractivity contribution in [3.8, 4) is 22.6 Å². The second kappa shape index (κ2) is 11.9. The Hall–Kier alpha value is -3.65. The number of aryl methyl sites for hydroxylation is 1. The summed E-state index contributed by atoms with van der Waals surface area (Å²) in [5, 5.41) is 0. The van der Waals surface area contributed by atoms with Crippen LogP contribution in [0.2, 0.25) is 0 Å². The van der Waals surface area contributed by atoms with E-state index in [9.17, 15) is 9.59 Å². The van der Waals surface area contributed by atoms with Crippen LogP contribution in [-0.2, 0) is 11.3 Å². The molecule has 36 heavy (non-hydrogen) atoms. The van der Waals surface area contributed by atoms with E-state index in [0.717, 1.165) is 16.7 Å². The van der Waals surface area contributed by atoms with Crippen LogP contribution in [0.3, 0.4) is 0 Å². The van der Waals surface area contributed by atoms with Gasteiger partial charge < -0.3 is 14.2 Å². The van der Waals surface area contributed by atoms with E-state index < -0.39 is 5.97 Å². The number of Topliss-reactive ketones (excluding diaryl/α,β-unsaturated/α-hetero) is 1. The quantitative estimate of drug-likeness (QED) is 0.120. The Labute approximate surface area is 224 Å². The molecular formula is C30H25IO5. The van der Waals surface area contributed by atoms with Gasteiger partial charge in [0.05, 0.1) is 16.2 Å². The van der Waals surface area contributed by atoms with Crippen molar-refractivity contribution in [3.63, 3.8) is 0 Å². The van der Waals surface area contributed by atoms with Gasteiger partial charge in [-0.15, -0.1) is 0 Å². The molecule has 0 heterocycles. The third-order valence-electron chi connectivity index (χ3n) is 5.62. The van der Waals surface area contributed by atoms with Crippen LogP contribution in [0.25, 0.3) is 11.1 Å². The molecule has 0 radical (unpaired) electrons. The minimum Gasteiger partial charge on any atom is -0.493 e. The Bertz CT molecular complexity index is 1350. The van der Waals surface area contributed by atoms with Gasteiger partial charge in [-0.25, -0.2) is 4.79 Å². The van der Waals surface area contributed by atoms with Crippen molar-refractivity contribution in [1.82, 2.24) is 0 Å². The number of esters is 1. The Kier molecular flexibility index (Phi) is 8.38. The van der Waals surface area contributed by atoms with Gasteiger partial charge in [0.1, 0.15) is 6.61 Å². The van der Waals surface area contributed by atoms with Crippen molar-refractivity contribution in [2.24, 2.45) is 0 Å². The summed E-state index contributed by atoms with van der Waals surface area (Å²) in [6.07, 6.45) is 0. The van der Waals surface area contributed by atoms with E-state index in [1.807, 2.05) is 73.7 Å². The number of methoxy groups -OCH3 is 1. The molecule has 6 heteroatoms. The fraction of sp³-hybridized carbons (Fsp3) is 0.133. The number of benzene rings is 4. The van der Waals surface area contributed by atoms with Gasteiger partial charge >= 0.3 is 5.97 Å². The zero-order valence-electron chi connectivity index (χ0n) is 20.0. The molecule has 5 nitrogen and oxygen atoms in total. The first-order valence-electron chi connectivity index (χ1n) is 11.4. The van der Waals surface area contributed by atoms with Crippen LogP contribution in [0.4, 0.5) is 0 Å². The molecule has 0 saturated carbocycles. The van der Waals surface area contributed by atoms with E-state index in [0.29, 0.717) is 27.2 Å². The SMILES string of the molecule is COc1cc(C(=O)OCC(=O)c2ccc(-c3ccccc3)cc2)cc(I)c1OCc1ccc(C)cc1. The van der Waals surface area contributed by atoms with Crippen molar-refractivity contribution in [1.29, 1.82) is 0 Å². The monoisotopic (exact) mass is 592 g/mol. The predicted octanol–water partition coefficient (Wildman–Crippen LogP) is 6.89. The smallest absolute Gasteiger partial charge is 0.338 e. The number of ketones is 1. The molecule has 4 aromatic rings. The highest BCUT2D eigenvalue weighted by molar-refractivity contribution is 14.1. The van der Waals surface area contributed by atoms with Crippen molar-refractivity contribution < 1.29 is 23.8 Å². The van der Waals surface area contributed by atoms with Gasteiger partial charge in [-0.3, -0.25) is 4.79 Å². The second-order valence-electron chi connectivity index (χ2n) is 8.21. The lowest BCUT2D eigenvalue weighted by Gasteiger charge is -2.14. The fourth-order valence-electron chi connectivity index (χ4n) is 3.59. The third kappa shape index (κ3) is 6.31. The average molecular weight is 592 g/mol. The molecule has 0 spiro atoms. The summed E-state index contributed by atoms with van der Waals surface area (Å²) in [7, 11) is 1.52. The van der Waals surface area contributed by atoms with Crippen molar-refractivity contribution >= 4 is 34.3 Å². The van der Waals surface area contributed by atoms with Crippen LogP contribution in [0.15, 0.2) is 91.0 Å². The Morgan fingerprint density at radius 1 is 0.806 bits per heavy atom. The predicted molar refractivity (Wildman–Crippen MR) is 148 cm³/mol. The molecule has 4 rings (SSSR count). The van der Waals surface area contributed by atoms with Crippen molar-refractivity contribution in [2.75, 3.05) is 13.7 Å². The van der Waals surface area contributed by atoms with E-state index in [-0.39, 0.29) is 18.0 Å².